The fraction of sp³-hybridized carbons (Fsp3) is 0.405. The number of fused-ring (bicyclic) bond motifs is 11. The van der Waals surface area contributed by atoms with Gasteiger partial charge in [0.05, 0.1) is 41.2 Å². The maximum Gasteiger partial charge on any atom is 0.314 e. The first-order chi connectivity index (χ1) is 23.1. The highest BCUT2D eigenvalue weighted by Crippen LogP contribution is 2.53. The van der Waals surface area contributed by atoms with Crippen LogP contribution >= 0.6 is 0 Å². The van der Waals surface area contributed by atoms with Crippen LogP contribution in [0.25, 0.3) is 44.9 Å². The number of aromatic amines is 2. The van der Waals surface area contributed by atoms with E-state index in [2.05, 4.69) is 101 Å². The number of unbranched alkanes of at least 4 members (excludes halogenated alkanes) is 1. The Balaban J connectivity index is 1.79. The van der Waals surface area contributed by atoms with Gasteiger partial charge in [-0.1, -0.05) is 70.4 Å². The van der Waals surface area contributed by atoms with Crippen molar-refractivity contribution in [2.24, 2.45) is 5.92 Å². The molecule has 3 aromatic rings. The van der Waals surface area contributed by atoms with Crippen LogP contribution in [-0.2, 0) is 21.4 Å². The Hall–Kier alpha value is -4.45. The molecule has 0 amide bonds. The fourth-order valence-electron chi connectivity index (χ4n) is 8.04. The van der Waals surface area contributed by atoms with Crippen molar-refractivity contribution in [1.82, 2.24) is 19.9 Å². The predicted molar refractivity (Wildman–Crippen MR) is 200 cm³/mol. The van der Waals surface area contributed by atoms with Gasteiger partial charge in [-0.25, -0.2) is 4.98 Å². The second-order valence-corrected chi connectivity index (χ2v) is 13.8. The van der Waals surface area contributed by atoms with E-state index >= 15 is 0 Å². The highest BCUT2D eigenvalue weighted by atomic mass is 16.5. The molecule has 0 saturated heterocycles. The molecule has 6 rings (SSSR count). The van der Waals surface area contributed by atoms with Crippen molar-refractivity contribution >= 4 is 50.8 Å². The summed E-state index contributed by atoms with van der Waals surface area (Å²) >= 11 is 0. The number of rotatable bonds is 9. The third-order valence-corrected chi connectivity index (χ3v) is 10.8. The lowest BCUT2D eigenvalue weighted by molar-refractivity contribution is -0.145. The van der Waals surface area contributed by atoms with Gasteiger partial charge in [0.25, 0.3) is 0 Å². The molecule has 48 heavy (non-hydrogen) atoms. The molecule has 0 spiro atoms. The van der Waals surface area contributed by atoms with Crippen LogP contribution in [0.2, 0.25) is 0 Å². The number of aryl methyl sites for hydroxylation is 3. The lowest BCUT2D eigenvalue weighted by Crippen LogP contribution is -2.40. The first-order valence-electron chi connectivity index (χ1n) is 17.7. The zero-order valence-corrected chi connectivity index (χ0v) is 30.0. The van der Waals surface area contributed by atoms with Gasteiger partial charge in [0.1, 0.15) is 0 Å². The number of nitrogens with zero attached hydrogens (tertiary/aromatic N) is 2. The Kier molecular flexibility index (Phi) is 9.21. The van der Waals surface area contributed by atoms with E-state index in [9.17, 15) is 4.79 Å². The Bertz CT molecular complexity index is 2070. The van der Waals surface area contributed by atoms with E-state index in [4.69, 9.17) is 14.7 Å². The zero-order chi connectivity index (χ0) is 34.3. The van der Waals surface area contributed by atoms with E-state index in [-0.39, 0.29) is 5.97 Å². The fourth-order valence-corrected chi connectivity index (χ4v) is 8.04. The van der Waals surface area contributed by atoms with Crippen molar-refractivity contribution in [3.63, 3.8) is 0 Å². The SMILES string of the molecule is C=Cc1c(C)c2cc3nc(cc4[nH]c(cc5nc(cc1[nH]2)C1(C)C5=CC=C(CCC)C1C(=O)OC)c(C)c4CCCC)C(CCC)=C3C. The van der Waals surface area contributed by atoms with E-state index in [1.54, 1.807) is 0 Å². The Labute approximate surface area is 285 Å². The topological polar surface area (TPSA) is 83.7 Å². The number of ether oxygens (including phenoxy) is 1. The summed E-state index contributed by atoms with van der Waals surface area (Å²) in [6, 6.07) is 8.74. The summed E-state index contributed by atoms with van der Waals surface area (Å²) < 4.78 is 5.50. The average Bonchev–Trinajstić information content (AvgIpc) is 3.72. The van der Waals surface area contributed by atoms with Gasteiger partial charge in [0.2, 0.25) is 0 Å². The average molecular weight is 643 g/mol. The molecule has 3 aromatic heterocycles. The molecule has 2 atom stereocenters. The quantitative estimate of drug-likeness (QED) is 0.228. The van der Waals surface area contributed by atoms with Crippen LogP contribution in [-0.4, -0.2) is 33.0 Å². The number of H-pyrrole nitrogens is 2. The van der Waals surface area contributed by atoms with Crippen LogP contribution < -0.4 is 0 Å². The number of esters is 1. The molecule has 0 radical (unpaired) electrons. The maximum atomic E-state index is 13.7. The van der Waals surface area contributed by atoms with Crippen molar-refractivity contribution < 1.29 is 9.53 Å². The first-order valence-corrected chi connectivity index (χ1v) is 17.7. The summed E-state index contributed by atoms with van der Waals surface area (Å²) in [6.07, 6.45) is 13.2. The van der Waals surface area contributed by atoms with Crippen molar-refractivity contribution in [2.75, 3.05) is 7.11 Å². The molecule has 0 aromatic carbocycles. The summed E-state index contributed by atoms with van der Waals surface area (Å²) in [7, 11) is 1.49. The van der Waals surface area contributed by atoms with Gasteiger partial charge in [-0.05, 0) is 111 Å². The van der Waals surface area contributed by atoms with Gasteiger partial charge in [-0.3, -0.25) is 9.78 Å². The van der Waals surface area contributed by atoms with Crippen molar-refractivity contribution in [2.45, 2.75) is 98.8 Å². The number of nitrogens with one attached hydrogen (secondary N) is 2. The van der Waals surface area contributed by atoms with Crippen molar-refractivity contribution in [1.29, 1.82) is 0 Å². The number of carbonyl (C=O) groups is 1. The molecule has 0 saturated carbocycles. The van der Waals surface area contributed by atoms with Gasteiger partial charge >= 0.3 is 5.97 Å². The molecule has 6 heteroatoms. The van der Waals surface area contributed by atoms with Crippen molar-refractivity contribution in [3.05, 3.63) is 93.6 Å². The third-order valence-electron chi connectivity index (χ3n) is 10.8. The summed E-state index contributed by atoms with van der Waals surface area (Å²) in [5.74, 6) is -0.720. The first kappa shape index (κ1) is 33.5. The second kappa shape index (κ2) is 13.2. The molecule has 6 nitrogen and oxygen atoms in total. The summed E-state index contributed by atoms with van der Waals surface area (Å²) in [5.41, 5.74) is 16.4. The molecule has 3 aliphatic rings. The predicted octanol–water partition coefficient (Wildman–Crippen LogP) is 10.5. The summed E-state index contributed by atoms with van der Waals surface area (Å²) in [4.78, 5) is 31.9. The van der Waals surface area contributed by atoms with Crippen LogP contribution in [0.5, 0.6) is 0 Å². The van der Waals surface area contributed by atoms with Crippen LogP contribution in [0.15, 0.2) is 48.6 Å². The van der Waals surface area contributed by atoms with Crippen LogP contribution in [0.3, 0.4) is 0 Å². The van der Waals surface area contributed by atoms with Gasteiger partial charge in [-0.15, -0.1) is 0 Å². The highest BCUT2D eigenvalue weighted by molar-refractivity contribution is 5.94. The highest BCUT2D eigenvalue weighted by Gasteiger charge is 2.51. The van der Waals surface area contributed by atoms with E-state index in [0.717, 1.165) is 112 Å². The third kappa shape index (κ3) is 5.39. The monoisotopic (exact) mass is 642 g/mol. The van der Waals surface area contributed by atoms with Gasteiger partial charge < -0.3 is 14.7 Å². The minimum absolute atomic E-state index is 0.234. The number of hydrogen-bond acceptors (Lipinski definition) is 4. The standard InChI is InChI=1S/C42H50N4O2/c1-10-14-17-30-26(7)34-21-38-31-19-18-27(15-11-2)40(41(47)48-9)42(31,8)39(46-38)23-37-28(13-4)24(5)32(45-37)20-33-25(6)29(16-12-3)35(43-33)22-36(30)44-34/h13,18-23,40,44-45H,4,10-12,14-17H2,1-3,5-9H3. The van der Waals surface area contributed by atoms with Crippen LogP contribution in [0.1, 0.15) is 118 Å². The van der Waals surface area contributed by atoms with E-state index in [0.29, 0.717) is 0 Å². The van der Waals surface area contributed by atoms with Crippen LogP contribution in [0, 0.1) is 19.8 Å². The number of carbonyl (C=O) groups excluding carboxylic acids is 1. The summed E-state index contributed by atoms with van der Waals surface area (Å²) in [5, 5.41) is 0. The minimum atomic E-state index is -0.721. The lowest BCUT2D eigenvalue weighted by Gasteiger charge is -2.37. The number of hydrogen-bond donors (Lipinski definition) is 2. The molecule has 8 bridgehead atoms. The van der Waals surface area contributed by atoms with E-state index in [1.807, 2.05) is 6.08 Å². The van der Waals surface area contributed by atoms with E-state index < -0.39 is 11.3 Å². The van der Waals surface area contributed by atoms with Gasteiger partial charge in [-0.2, -0.15) is 0 Å². The number of allylic oxidation sites excluding steroid dienone is 5. The summed E-state index contributed by atoms with van der Waals surface area (Å²) in [6.45, 7) is 19.5. The largest absolute Gasteiger partial charge is 0.469 e. The molecule has 5 heterocycles. The Morgan fingerprint density at radius 3 is 2.23 bits per heavy atom. The molecular formula is C42H50N4O2. The minimum Gasteiger partial charge on any atom is -0.469 e. The maximum absolute atomic E-state index is 13.7. The number of methoxy groups -OCH3 is 1. The smallest absolute Gasteiger partial charge is 0.314 e. The molecule has 2 N–H and O–H groups in total. The lowest BCUT2D eigenvalue weighted by atomic mass is 9.63. The zero-order valence-electron chi connectivity index (χ0n) is 30.0. The molecule has 2 aliphatic heterocycles. The van der Waals surface area contributed by atoms with Crippen molar-refractivity contribution in [3.8, 4) is 0 Å². The molecular weight excluding hydrogens is 592 g/mol. The van der Waals surface area contributed by atoms with E-state index in [1.165, 1.54) is 29.4 Å². The van der Waals surface area contributed by atoms with Gasteiger partial charge in [0, 0.05) is 27.6 Å². The Morgan fingerprint density at radius 2 is 1.54 bits per heavy atom. The second-order valence-electron chi connectivity index (χ2n) is 13.8. The molecule has 2 unspecified atom stereocenters. The van der Waals surface area contributed by atoms with Gasteiger partial charge in [0.15, 0.2) is 0 Å². The van der Waals surface area contributed by atoms with Crippen LogP contribution in [0.4, 0.5) is 0 Å². The molecule has 250 valence electrons. The number of aromatic nitrogens is 4. The normalized spacial score (nSPS) is 18.8. The molecule has 1 aliphatic carbocycles. The Morgan fingerprint density at radius 1 is 0.854 bits per heavy atom. The molecule has 0 fully saturated rings.